The third kappa shape index (κ3) is 3.53. The fourth-order valence-electron chi connectivity index (χ4n) is 4.23. The number of aromatic nitrogens is 6. The first-order chi connectivity index (χ1) is 16.6. The molecule has 34 heavy (non-hydrogen) atoms. The van der Waals surface area contributed by atoms with Gasteiger partial charge in [-0.1, -0.05) is 12.1 Å². The molecule has 0 radical (unpaired) electrons. The summed E-state index contributed by atoms with van der Waals surface area (Å²) in [6, 6.07) is 11.2. The van der Waals surface area contributed by atoms with Crippen molar-refractivity contribution in [2.75, 3.05) is 10.7 Å². The van der Waals surface area contributed by atoms with E-state index < -0.39 is 0 Å². The number of imidazole rings is 1. The van der Waals surface area contributed by atoms with Crippen molar-refractivity contribution in [1.29, 1.82) is 0 Å². The molecule has 6 rings (SSSR count). The number of nitrogens with zero attached hydrogens (tertiary/aromatic N) is 5. The molecule has 0 aliphatic heterocycles. The molecule has 0 spiro atoms. The van der Waals surface area contributed by atoms with E-state index in [1.807, 2.05) is 25.1 Å². The van der Waals surface area contributed by atoms with Crippen LogP contribution in [0.3, 0.4) is 0 Å². The van der Waals surface area contributed by atoms with Gasteiger partial charge >= 0.3 is 0 Å². The van der Waals surface area contributed by atoms with Crippen LogP contribution in [0.2, 0.25) is 0 Å². The number of anilines is 2. The fourth-order valence-corrected chi connectivity index (χ4v) is 4.23. The van der Waals surface area contributed by atoms with Gasteiger partial charge in [0.15, 0.2) is 17.3 Å². The standard InChI is InChI=1S/C24H21FN8O/c1-13-3-2-4-17-18(13)24(34)33(32-16-9-7-15(25)8-10-16)23(30-17)19(14-5-6-14)31-22-20-21(27-11-26-20)28-12-29-22/h2-4,7-12,14,19,32H,5-6H2,1H3,(H2,26,27,28,29,31). The SMILES string of the molecule is Cc1cccc2nc(C(Nc3ncnc4nc[nH]c34)C3CC3)n(Nc3ccc(F)cc3)c(=O)c12. The summed E-state index contributed by atoms with van der Waals surface area (Å²) in [5.41, 5.74) is 6.20. The molecule has 170 valence electrons. The van der Waals surface area contributed by atoms with E-state index in [1.54, 1.807) is 18.5 Å². The lowest BCUT2D eigenvalue weighted by molar-refractivity contribution is 0.596. The van der Waals surface area contributed by atoms with Crippen molar-refractivity contribution in [3.05, 3.63) is 82.7 Å². The molecule has 0 saturated heterocycles. The summed E-state index contributed by atoms with van der Waals surface area (Å²) in [5, 5.41) is 4.02. The molecule has 9 nitrogen and oxygen atoms in total. The summed E-state index contributed by atoms with van der Waals surface area (Å²) in [7, 11) is 0. The third-order valence-electron chi connectivity index (χ3n) is 6.10. The molecule has 1 unspecified atom stereocenters. The number of rotatable bonds is 6. The first-order valence-electron chi connectivity index (χ1n) is 11.0. The van der Waals surface area contributed by atoms with E-state index in [0.717, 1.165) is 18.4 Å². The van der Waals surface area contributed by atoms with Crippen molar-refractivity contribution in [3.63, 3.8) is 0 Å². The van der Waals surface area contributed by atoms with Gasteiger partial charge in [-0.15, -0.1) is 0 Å². The number of nitrogens with one attached hydrogen (secondary N) is 3. The second-order valence-electron chi connectivity index (χ2n) is 8.48. The summed E-state index contributed by atoms with van der Waals surface area (Å²) >= 11 is 0. The summed E-state index contributed by atoms with van der Waals surface area (Å²) in [5.74, 6) is 1.03. The Labute approximate surface area is 193 Å². The minimum Gasteiger partial charge on any atom is -0.358 e. The first kappa shape index (κ1) is 20.3. The lowest BCUT2D eigenvalue weighted by Gasteiger charge is -2.24. The lowest BCUT2D eigenvalue weighted by Crippen LogP contribution is -2.34. The number of fused-ring (bicyclic) bond motifs is 2. The van der Waals surface area contributed by atoms with E-state index in [-0.39, 0.29) is 23.3 Å². The molecule has 1 aliphatic rings. The Hall–Kier alpha value is -4.34. The van der Waals surface area contributed by atoms with Crippen molar-refractivity contribution in [2.24, 2.45) is 5.92 Å². The highest BCUT2D eigenvalue weighted by Crippen LogP contribution is 2.42. The fraction of sp³-hybridized carbons (Fsp3) is 0.208. The van der Waals surface area contributed by atoms with Crippen LogP contribution in [0.15, 0.2) is 59.9 Å². The number of halogens is 1. The Morgan fingerprint density at radius 2 is 1.94 bits per heavy atom. The molecular weight excluding hydrogens is 435 g/mol. The molecule has 3 aromatic heterocycles. The van der Waals surface area contributed by atoms with Gasteiger partial charge in [0, 0.05) is 0 Å². The van der Waals surface area contributed by atoms with Crippen LogP contribution in [0, 0.1) is 18.7 Å². The van der Waals surface area contributed by atoms with Crippen LogP contribution in [0.25, 0.3) is 22.1 Å². The average Bonchev–Trinajstić information content (AvgIpc) is 3.56. The Bertz CT molecular complexity index is 1570. The Morgan fingerprint density at radius 3 is 2.74 bits per heavy atom. The van der Waals surface area contributed by atoms with Crippen molar-refractivity contribution in [2.45, 2.75) is 25.8 Å². The van der Waals surface area contributed by atoms with Gasteiger partial charge in [0.25, 0.3) is 5.56 Å². The maximum atomic E-state index is 13.7. The van der Waals surface area contributed by atoms with E-state index in [9.17, 15) is 9.18 Å². The minimum absolute atomic E-state index is 0.218. The van der Waals surface area contributed by atoms with E-state index in [1.165, 1.54) is 23.1 Å². The van der Waals surface area contributed by atoms with Crippen LogP contribution in [0.1, 0.15) is 30.3 Å². The van der Waals surface area contributed by atoms with Crippen LogP contribution in [-0.4, -0.2) is 29.6 Å². The van der Waals surface area contributed by atoms with Gasteiger partial charge in [-0.25, -0.2) is 29.0 Å². The highest BCUT2D eigenvalue weighted by atomic mass is 19.1. The molecule has 0 amide bonds. The molecule has 10 heteroatoms. The summed E-state index contributed by atoms with van der Waals surface area (Å²) in [4.78, 5) is 34.5. The molecule has 1 fully saturated rings. The number of hydrogen-bond donors (Lipinski definition) is 3. The van der Waals surface area contributed by atoms with Crippen LogP contribution in [-0.2, 0) is 0 Å². The van der Waals surface area contributed by atoms with Crippen molar-refractivity contribution in [3.8, 4) is 0 Å². The maximum Gasteiger partial charge on any atom is 0.280 e. The predicted octanol–water partition coefficient (Wildman–Crippen LogP) is 3.95. The van der Waals surface area contributed by atoms with Crippen molar-refractivity contribution in [1.82, 2.24) is 29.6 Å². The van der Waals surface area contributed by atoms with Crippen LogP contribution >= 0.6 is 0 Å². The molecule has 1 saturated carbocycles. The van der Waals surface area contributed by atoms with Crippen LogP contribution < -0.4 is 16.3 Å². The van der Waals surface area contributed by atoms with Gasteiger partial charge in [-0.3, -0.25) is 10.2 Å². The number of H-pyrrole nitrogens is 1. The van der Waals surface area contributed by atoms with Crippen molar-refractivity contribution >= 4 is 33.6 Å². The van der Waals surface area contributed by atoms with Gasteiger partial charge in [-0.2, -0.15) is 0 Å². The number of benzene rings is 2. The molecule has 2 aromatic carbocycles. The zero-order valence-corrected chi connectivity index (χ0v) is 18.3. The Morgan fingerprint density at radius 1 is 1.12 bits per heavy atom. The molecular formula is C24H21FN8O. The summed E-state index contributed by atoms with van der Waals surface area (Å²) < 4.78 is 15.0. The Kier molecular flexibility index (Phi) is 4.72. The number of aromatic amines is 1. The quantitative estimate of drug-likeness (QED) is 0.355. The highest BCUT2D eigenvalue weighted by Gasteiger charge is 2.36. The van der Waals surface area contributed by atoms with Gasteiger partial charge < -0.3 is 10.3 Å². The Balaban J connectivity index is 1.52. The zero-order valence-electron chi connectivity index (χ0n) is 18.3. The van der Waals surface area contributed by atoms with Gasteiger partial charge in [0.2, 0.25) is 0 Å². The van der Waals surface area contributed by atoms with Gasteiger partial charge in [0.1, 0.15) is 17.7 Å². The number of hydrogen-bond acceptors (Lipinski definition) is 7. The second kappa shape index (κ2) is 7.91. The topological polar surface area (TPSA) is 113 Å². The van der Waals surface area contributed by atoms with E-state index in [0.29, 0.717) is 39.4 Å². The largest absolute Gasteiger partial charge is 0.358 e. The molecule has 1 atom stereocenters. The van der Waals surface area contributed by atoms with Crippen molar-refractivity contribution < 1.29 is 4.39 Å². The normalized spacial score (nSPS) is 14.4. The van der Waals surface area contributed by atoms with E-state index in [4.69, 9.17) is 4.98 Å². The third-order valence-corrected chi connectivity index (χ3v) is 6.10. The van der Waals surface area contributed by atoms with E-state index >= 15 is 0 Å². The molecule has 3 heterocycles. The molecule has 5 aromatic rings. The summed E-state index contributed by atoms with van der Waals surface area (Å²) in [6.07, 6.45) is 5.01. The molecule has 3 N–H and O–H groups in total. The predicted molar refractivity (Wildman–Crippen MR) is 127 cm³/mol. The highest BCUT2D eigenvalue weighted by molar-refractivity contribution is 5.83. The monoisotopic (exact) mass is 456 g/mol. The second-order valence-corrected chi connectivity index (χ2v) is 8.48. The smallest absolute Gasteiger partial charge is 0.280 e. The van der Waals surface area contributed by atoms with Crippen LogP contribution in [0.5, 0.6) is 0 Å². The lowest BCUT2D eigenvalue weighted by atomic mass is 10.1. The molecule has 0 bridgehead atoms. The summed E-state index contributed by atoms with van der Waals surface area (Å²) in [6.45, 7) is 1.89. The van der Waals surface area contributed by atoms with Crippen LogP contribution in [0.4, 0.5) is 15.9 Å². The van der Waals surface area contributed by atoms with E-state index in [2.05, 4.69) is 30.7 Å². The zero-order chi connectivity index (χ0) is 23.2. The molecule has 1 aliphatic carbocycles. The average molecular weight is 456 g/mol. The van der Waals surface area contributed by atoms with Gasteiger partial charge in [-0.05, 0) is 61.6 Å². The number of aryl methyl sites for hydroxylation is 1. The maximum absolute atomic E-state index is 13.7. The van der Waals surface area contributed by atoms with Gasteiger partial charge in [0.05, 0.1) is 29.0 Å². The minimum atomic E-state index is -0.351. The first-order valence-corrected chi connectivity index (χ1v) is 11.0.